The summed E-state index contributed by atoms with van der Waals surface area (Å²) >= 11 is 1.40. The number of carbonyl (C=O) groups is 1. The first-order valence-corrected chi connectivity index (χ1v) is 4.27. The van der Waals surface area contributed by atoms with Gasteiger partial charge in [-0.15, -0.1) is 11.3 Å². The second-order valence-corrected chi connectivity index (χ2v) is 3.00. The minimum Gasteiger partial charge on any atom is -0.372 e. The van der Waals surface area contributed by atoms with E-state index in [0.29, 0.717) is 11.5 Å². The van der Waals surface area contributed by atoms with E-state index in [1.807, 2.05) is 11.4 Å². The molecule has 0 bridgehead atoms. The topological polar surface area (TPSA) is 26.3 Å². The average Bonchev–Trinajstić information content (AvgIpc) is 2.52. The molecule has 1 aromatic heterocycles. The standard InChI is InChI=1S/C9H8O2S/c1-11-5-2-3-8-4-6-12-9(8)7-10/h4,6-7H,5H2,1H3. The van der Waals surface area contributed by atoms with Crippen molar-refractivity contribution >= 4 is 17.6 Å². The third-order valence-corrected chi connectivity index (χ3v) is 2.08. The second-order valence-electron chi connectivity index (χ2n) is 2.05. The molecule has 0 fully saturated rings. The molecule has 0 atom stereocenters. The minimum absolute atomic E-state index is 0.397. The maximum atomic E-state index is 10.4. The molecule has 0 aromatic carbocycles. The van der Waals surface area contributed by atoms with Crippen molar-refractivity contribution < 1.29 is 9.53 Å². The summed E-state index contributed by atoms with van der Waals surface area (Å²) in [7, 11) is 1.59. The Morgan fingerprint density at radius 1 is 1.75 bits per heavy atom. The normalized spacial score (nSPS) is 8.75. The lowest BCUT2D eigenvalue weighted by Gasteiger charge is -1.84. The van der Waals surface area contributed by atoms with Crippen molar-refractivity contribution in [2.75, 3.05) is 13.7 Å². The van der Waals surface area contributed by atoms with Crippen LogP contribution in [0.3, 0.4) is 0 Å². The summed E-state index contributed by atoms with van der Waals surface area (Å²) in [5, 5.41) is 1.85. The molecule has 0 unspecified atom stereocenters. The molecule has 1 rings (SSSR count). The van der Waals surface area contributed by atoms with Crippen LogP contribution in [0.25, 0.3) is 0 Å². The Labute approximate surface area is 75.2 Å². The zero-order valence-corrected chi connectivity index (χ0v) is 7.48. The fourth-order valence-electron chi connectivity index (χ4n) is 0.719. The van der Waals surface area contributed by atoms with Crippen LogP contribution in [0.4, 0.5) is 0 Å². The summed E-state index contributed by atoms with van der Waals surface area (Å²) in [5.74, 6) is 5.64. The van der Waals surface area contributed by atoms with Gasteiger partial charge in [-0.05, 0) is 11.4 Å². The molecule has 0 radical (unpaired) electrons. The first-order valence-electron chi connectivity index (χ1n) is 3.39. The zero-order valence-electron chi connectivity index (χ0n) is 6.66. The molecule has 0 aliphatic carbocycles. The lowest BCUT2D eigenvalue weighted by Crippen LogP contribution is -1.82. The molecular formula is C9H8O2S. The Balaban J connectivity index is 2.76. The van der Waals surface area contributed by atoms with Gasteiger partial charge in [0.2, 0.25) is 0 Å². The van der Waals surface area contributed by atoms with E-state index in [-0.39, 0.29) is 0 Å². The molecule has 0 saturated carbocycles. The minimum atomic E-state index is 0.397. The number of carbonyl (C=O) groups excluding carboxylic acids is 1. The van der Waals surface area contributed by atoms with Crippen LogP contribution in [0.1, 0.15) is 15.2 Å². The third-order valence-electron chi connectivity index (χ3n) is 1.24. The Morgan fingerprint density at radius 2 is 2.58 bits per heavy atom. The smallest absolute Gasteiger partial charge is 0.161 e. The maximum Gasteiger partial charge on any atom is 0.161 e. The van der Waals surface area contributed by atoms with Crippen molar-refractivity contribution in [2.24, 2.45) is 0 Å². The maximum absolute atomic E-state index is 10.4. The van der Waals surface area contributed by atoms with Crippen molar-refractivity contribution in [1.82, 2.24) is 0 Å². The fourth-order valence-corrected chi connectivity index (χ4v) is 1.37. The Bertz CT molecular complexity index is 317. The van der Waals surface area contributed by atoms with Gasteiger partial charge in [-0.2, -0.15) is 0 Å². The van der Waals surface area contributed by atoms with E-state index >= 15 is 0 Å². The van der Waals surface area contributed by atoms with E-state index < -0.39 is 0 Å². The Hall–Kier alpha value is -1.11. The first kappa shape index (κ1) is 8.98. The number of hydrogen-bond donors (Lipinski definition) is 0. The number of aldehydes is 1. The molecular weight excluding hydrogens is 172 g/mol. The summed E-state index contributed by atoms with van der Waals surface area (Å²) < 4.78 is 4.76. The molecule has 1 aromatic rings. The number of hydrogen-bond acceptors (Lipinski definition) is 3. The summed E-state index contributed by atoms with van der Waals surface area (Å²) in [6, 6.07) is 1.83. The van der Waals surface area contributed by atoms with Crippen LogP contribution in [0, 0.1) is 11.8 Å². The SMILES string of the molecule is COCC#Cc1ccsc1C=O. The number of ether oxygens (including phenoxy) is 1. The van der Waals surface area contributed by atoms with E-state index in [4.69, 9.17) is 4.74 Å². The molecule has 12 heavy (non-hydrogen) atoms. The van der Waals surface area contributed by atoms with Crippen LogP contribution in [-0.4, -0.2) is 20.0 Å². The van der Waals surface area contributed by atoms with Crippen molar-refractivity contribution in [3.8, 4) is 11.8 Å². The monoisotopic (exact) mass is 180 g/mol. The van der Waals surface area contributed by atoms with Gasteiger partial charge in [-0.3, -0.25) is 4.79 Å². The molecule has 0 aliphatic rings. The summed E-state index contributed by atoms with van der Waals surface area (Å²) in [4.78, 5) is 11.1. The van der Waals surface area contributed by atoms with Gasteiger partial charge in [0, 0.05) is 12.7 Å². The van der Waals surface area contributed by atoms with E-state index in [1.54, 1.807) is 7.11 Å². The Morgan fingerprint density at radius 3 is 3.25 bits per heavy atom. The molecule has 3 heteroatoms. The first-order chi connectivity index (χ1) is 5.88. The van der Waals surface area contributed by atoms with E-state index in [9.17, 15) is 4.79 Å². The predicted molar refractivity (Wildman–Crippen MR) is 48.5 cm³/mol. The summed E-state index contributed by atoms with van der Waals surface area (Å²) in [6.45, 7) is 0.397. The van der Waals surface area contributed by atoms with Crippen molar-refractivity contribution in [3.63, 3.8) is 0 Å². The lowest BCUT2D eigenvalue weighted by atomic mass is 10.3. The van der Waals surface area contributed by atoms with Crippen LogP contribution in [0.5, 0.6) is 0 Å². The highest BCUT2D eigenvalue weighted by molar-refractivity contribution is 7.11. The average molecular weight is 180 g/mol. The molecule has 2 nitrogen and oxygen atoms in total. The van der Waals surface area contributed by atoms with Crippen LogP contribution >= 0.6 is 11.3 Å². The second kappa shape index (κ2) is 4.70. The van der Waals surface area contributed by atoms with Crippen LogP contribution in [-0.2, 0) is 4.74 Å². The predicted octanol–water partition coefficient (Wildman–Crippen LogP) is 1.56. The molecule has 1 heterocycles. The molecule has 62 valence electrons. The Kier molecular flexibility index (Phi) is 3.52. The number of thiophene rings is 1. The van der Waals surface area contributed by atoms with Gasteiger partial charge in [0.05, 0.1) is 4.88 Å². The van der Waals surface area contributed by atoms with Crippen LogP contribution < -0.4 is 0 Å². The third kappa shape index (κ3) is 2.19. The highest BCUT2D eigenvalue weighted by atomic mass is 32.1. The van der Waals surface area contributed by atoms with E-state index in [1.165, 1.54) is 11.3 Å². The van der Waals surface area contributed by atoms with Crippen molar-refractivity contribution in [3.05, 3.63) is 21.9 Å². The summed E-state index contributed by atoms with van der Waals surface area (Å²) in [6.07, 6.45) is 0.821. The summed E-state index contributed by atoms with van der Waals surface area (Å²) in [5.41, 5.74) is 0.784. The van der Waals surface area contributed by atoms with Gasteiger partial charge in [-0.1, -0.05) is 11.8 Å². The van der Waals surface area contributed by atoms with Crippen molar-refractivity contribution in [1.29, 1.82) is 0 Å². The largest absolute Gasteiger partial charge is 0.372 e. The van der Waals surface area contributed by atoms with E-state index in [0.717, 1.165) is 11.8 Å². The van der Waals surface area contributed by atoms with Gasteiger partial charge >= 0.3 is 0 Å². The van der Waals surface area contributed by atoms with Gasteiger partial charge in [0.25, 0.3) is 0 Å². The van der Waals surface area contributed by atoms with Crippen molar-refractivity contribution in [2.45, 2.75) is 0 Å². The zero-order chi connectivity index (χ0) is 8.81. The highest BCUT2D eigenvalue weighted by Gasteiger charge is 1.97. The molecule has 0 amide bonds. The molecule has 0 N–H and O–H groups in total. The number of methoxy groups -OCH3 is 1. The quantitative estimate of drug-likeness (QED) is 0.510. The van der Waals surface area contributed by atoms with Gasteiger partial charge in [-0.25, -0.2) is 0 Å². The van der Waals surface area contributed by atoms with Gasteiger partial charge in [0.15, 0.2) is 6.29 Å². The van der Waals surface area contributed by atoms with Gasteiger partial charge in [0.1, 0.15) is 6.61 Å². The number of rotatable bonds is 2. The molecule has 0 saturated heterocycles. The van der Waals surface area contributed by atoms with Crippen LogP contribution in [0.15, 0.2) is 11.4 Å². The lowest BCUT2D eigenvalue weighted by molar-refractivity contribution is 0.112. The fraction of sp³-hybridized carbons (Fsp3) is 0.222. The van der Waals surface area contributed by atoms with E-state index in [2.05, 4.69) is 11.8 Å². The molecule has 0 aliphatic heterocycles. The van der Waals surface area contributed by atoms with Crippen LogP contribution in [0.2, 0.25) is 0 Å². The highest BCUT2D eigenvalue weighted by Crippen LogP contribution is 2.12. The van der Waals surface area contributed by atoms with Gasteiger partial charge < -0.3 is 4.74 Å². The molecule has 0 spiro atoms.